The molecule has 0 amide bonds. The molecule has 9 heteroatoms. The molecule has 0 aliphatic heterocycles. The molecular formula is C23H25FN6O2. The Hall–Kier alpha value is -3.80. The first-order chi connectivity index (χ1) is 15.2. The molecule has 0 atom stereocenters. The highest BCUT2D eigenvalue weighted by atomic mass is 19.1. The molecule has 166 valence electrons. The fraction of sp³-hybridized carbons (Fsp3) is 0.348. The second-order valence-corrected chi connectivity index (χ2v) is 8.19. The Kier molecular flexibility index (Phi) is 7.15. The van der Waals surface area contributed by atoms with Crippen molar-refractivity contribution in [2.24, 2.45) is 0 Å². The summed E-state index contributed by atoms with van der Waals surface area (Å²) in [5.74, 6) is 4.98. The summed E-state index contributed by atoms with van der Waals surface area (Å²) in [6.07, 6.45) is 3.84. The van der Waals surface area contributed by atoms with Crippen LogP contribution < -0.4 is 5.73 Å². The van der Waals surface area contributed by atoms with Crippen LogP contribution >= 0.6 is 0 Å². The molecule has 2 aromatic heterocycles. The summed E-state index contributed by atoms with van der Waals surface area (Å²) < 4.78 is 20.6. The zero-order chi connectivity index (χ0) is 23.1. The summed E-state index contributed by atoms with van der Waals surface area (Å²) >= 11 is 0. The molecule has 0 radical (unpaired) electrons. The number of ether oxygens (including phenoxy) is 1. The number of aromatic nitrogens is 5. The van der Waals surface area contributed by atoms with Crippen LogP contribution in [0.1, 0.15) is 60.9 Å². The molecule has 0 fully saturated rings. The van der Waals surface area contributed by atoms with Gasteiger partial charge < -0.3 is 10.5 Å². The smallest absolute Gasteiger partial charge is 0.361 e. The van der Waals surface area contributed by atoms with Crippen molar-refractivity contribution in [3.8, 4) is 11.8 Å². The van der Waals surface area contributed by atoms with Gasteiger partial charge in [-0.25, -0.2) is 9.18 Å². The van der Waals surface area contributed by atoms with Crippen molar-refractivity contribution in [2.75, 3.05) is 5.73 Å². The zero-order valence-corrected chi connectivity index (χ0v) is 18.3. The van der Waals surface area contributed by atoms with Gasteiger partial charge in [0.2, 0.25) is 0 Å². The zero-order valence-electron chi connectivity index (χ0n) is 18.3. The fourth-order valence-corrected chi connectivity index (χ4v) is 2.77. The summed E-state index contributed by atoms with van der Waals surface area (Å²) in [5, 5.41) is 15.9. The van der Waals surface area contributed by atoms with E-state index < -0.39 is 11.6 Å². The summed E-state index contributed by atoms with van der Waals surface area (Å²) in [6, 6.07) is 8.06. The molecule has 2 heterocycles. The van der Waals surface area contributed by atoms with Gasteiger partial charge in [0.05, 0.1) is 23.0 Å². The molecule has 0 spiro atoms. The SMILES string of the molecule is CC(C)(C)OC(=O)c1cn(CCCCc2cc(C#Cc3ccccc3F)c(N)nn2)nn1. The van der Waals surface area contributed by atoms with Gasteiger partial charge in [0, 0.05) is 6.54 Å². The van der Waals surface area contributed by atoms with E-state index in [4.69, 9.17) is 10.5 Å². The van der Waals surface area contributed by atoms with Gasteiger partial charge in [-0.2, -0.15) is 5.10 Å². The first-order valence-corrected chi connectivity index (χ1v) is 10.2. The van der Waals surface area contributed by atoms with E-state index in [0.717, 1.165) is 18.5 Å². The van der Waals surface area contributed by atoms with Crippen molar-refractivity contribution in [1.82, 2.24) is 25.2 Å². The number of halogens is 1. The predicted octanol–water partition coefficient (Wildman–Crippen LogP) is 3.17. The van der Waals surface area contributed by atoms with Crippen LogP contribution in [0.5, 0.6) is 0 Å². The number of carbonyl (C=O) groups is 1. The summed E-state index contributed by atoms with van der Waals surface area (Å²) in [7, 11) is 0. The molecular weight excluding hydrogens is 411 g/mol. The largest absolute Gasteiger partial charge is 0.455 e. The Morgan fingerprint density at radius 3 is 2.62 bits per heavy atom. The van der Waals surface area contributed by atoms with Crippen LogP contribution in [0, 0.1) is 17.7 Å². The van der Waals surface area contributed by atoms with Gasteiger partial charge in [-0.05, 0) is 58.2 Å². The second kappa shape index (κ2) is 10.0. The lowest BCUT2D eigenvalue weighted by atomic mass is 10.1. The topological polar surface area (TPSA) is 109 Å². The van der Waals surface area contributed by atoms with E-state index in [2.05, 4.69) is 32.4 Å². The van der Waals surface area contributed by atoms with Crippen molar-refractivity contribution in [1.29, 1.82) is 0 Å². The molecule has 0 unspecified atom stereocenters. The van der Waals surface area contributed by atoms with Crippen LogP contribution in [-0.2, 0) is 17.7 Å². The Balaban J connectivity index is 1.54. The number of anilines is 1. The molecule has 32 heavy (non-hydrogen) atoms. The second-order valence-electron chi connectivity index (χ2n) is 8.19. The lowest BCUT2D eigenvalue weighted by molar-refractivity contribution is 0.00627. The number of esters is 1. The van der Waals surface area contributed by atoms with Crippen LogP contribution in [0.3, 0.4) is 0 Å². The van der Waals surface area contributed by atoms with E-state index in [1.54, 1.807) is 55.9 Å². The number of nitrogens with two attached hydrogens (primary N) is 1. The van der Waals surface area contributed by atoms with Crippen molar-refractivity contribution >= 4 is 11.8 Å². The van der Waals surface area contributed by atoms with Gasteiger partial charge in [-0.3, -0.25) is 4.68 Å². The Morgan fingerprint density at radius 1 is 1.12 bits per heavy atom. The molecule has 1 aromatic carbocycles. The van der Waals surface area contributed by atoms with E-state index in [1.807, 2.05) is 0 Å². The minimum Gasteiger partial charge on any atom is -0.455 e. The molecule has 8 nitrogen and oxygen atoms in total. The molecule has 0 aliphatic rings. The van der Waals surface area contributed by atoms with Crippen LogP contribution in [0.2, 0.25) is 0 Å². The maximum absolute atomic E-state index is 13.7. The number of aryl methyl sites for hydroxylation is 2. The first kappa shape index (κ1) is 22.9. The first-order valence-electron chi connectivity index (χ1n) is 10.2. The Labute approximate surface area is 186 Å². The van der Waals surface area contributed by atoms with Crippen LogP contribution in [0.25, 0.3) is 0 Å². The number of nitrogen functional groups attached to an aromatic ring is 1. The monoisotopic (exact) mass is 436 g/mol. The minimum absolute atomic E-state index is 0.183. The summed E-state index contributed by atoms with van der Waals surface area (Å²) in [4.78, 5) is 12.0. The van der Waals surface area contributed by atoms with E-state index >= 15 is 0 Å². The number of rotatable bonds is 6. The van der Waals surface area contributed by atoms with E-state index in [-0.39, 0.29) is 17.3 Å². The average Bonchev–Trinajstić information content (AvgIpc) is 3.20. The Bertz CT molecular complexity index is 1160. The fourth-order valence-electron chi connectivity index (χ4n) is 2.77. The Morgan fingerprint density at radius 2 is 1.88 bits per heavy atom. The minimum atomic E-state index is -0.584. The number of unbranched alkanes of at least 4 members (excludes halogenated alkanes) is 1. The lowest BCUT2D eigenvalue weighted by Crippen LogP contribution is -2.24. The van der Waals surface area contributed by atoms with Gasteiger partial charge >= 0.3 is 5.97 Å². The van der Waals surface area contributed by atoms with Crippen LogP contribution in [0.4, 0.5) is 10.2 Å². The highest BCUT2D eigenvalue weighted by Gasteiger charge is 2.20. The van der Waals surface area contributed by atoms with Gasteiger partial charge in [0.1, 0.15) is 11.4 Å². The van der Waals surface area contributed by atoms with E-state index in [0.29, 0.717) is 24.1 Å². The number of nitrogens with zero attached hydrogens (tertiary/aromatic N) is 5. The highest BCUT2D eigenvalue weighted by molar-refractivity contribution is 5.87. The van der Waals surface area contributed by atoms with Crippen molar-refractivity contribution in [2.45, 2.75) is 52.2 Å². The third-order valence-electron chi connectivity index (χ3n) is 4.30. The third-order valence-corrected chi connectivity index (χ3v) is 4.30. The highest BCUT2D eigenvalue weighted by Crippen LogP contribution is 2.12. The van der Waals surface area contributed by atoms with Gasteiger partial charge in [-0.15, -0.1) is 10.2 Å². The summed E-state index contributed by atoms with van der Waals surface area (Å²) in [6.45, 7) is 5.99. The molecule has 3 aromatic rings. The van der Waals surface area contributed by atoms with Crippen LogP contribution in [-0.4, -0.2) is 36.8 Å². The number of carbonyl (C=O) groups excluding carboxylic acids is 1. The van der Waals surface area contributed by atoms with Gasteiger partial charge in [0.15, 0.2) is 11.5 Å². The predicted molar refractivity (Wildman–Crippen MR) is 117 cm³/mol. The van der Waals surface area contributed by atoms with Crippen molar-refractivity contribution in [3.05, 3.63) is 64.9 Å². The molecule has 3 rings (SSSR count). The number of benzene rings is 1. The maximum atomic E-state index is 13.7. The number of hydrogen-bond donors (Lipinski definition) is 1. The molecule has 0 bridgehead atoms. The van der Waals surface area contributed by atoms with Gasteiger partial charge in [0.25, 0.3) is 0 Å². The van der Waals surface area contributed by atoms with Crippen molar-refractivity contribution < 1.29 is 13.9 Å². The normalized spacial score (nSPS) is 11.0. The average molecular weight is 436 g/mol. The quantitative estimate of drug-likeness (QED) is 0.359. The summed E-state index contributed by atoms with van der Waals surface area (Å²) in [5.41, 5.74) is 7.01. The molecule has 0 aliphatic carbocycles. The van der Waals surface area contributed by atoms with Gasteiger partial charge in [-0.1, -0.05) is 29.2 Å². The standard InChI is InChI=1S/C23H25FN6O2/c1-23(2,3)32-22(31)20-15-30(29-27-20)13-7-6-9-18-14-17(21(25)28-26-18)12-11-16-8-4-5-10-19(16)24/h4-5,8,10,14-15H,6-7,9,13H2,1-3H3,(H2,25,28). The van der Waals surface area contributed by atoms with Crippen molar-refractivity contribution in [3.63, 3.8) is 0 Å². The number of hydrogen-bond acceptors (Lipinski definition) is 7. The van der Waals surface area contributed by atoms with E-state index in [1.165, 1.54) is 6.07 Å². The molecule has 0 saturated heterocycles. The molecule has 0 saturated carbocycles. The van der Waals surface area contributed by atoms with E-state index in [9.17, 15) is 9.18 Å². The maximum Gasteiger partial charge on any atom is 0.361 e. The third kappa shape index (κ3) is 6.60. The molecule has 2 N–H and O–H groups in total. The van der Waals surface area contributed by atoms with Crippen LogP contribution in [0.15, 0.2) is 36.5 Å². The lowest BCUT2D eigenvalue weighted by Gasteiger charge is -2.18.